The van der Waals surface area contributed by atoms with E-state index in [4.69, 9.17) is 0 Å². The van der Waals surface area contributed by atoms with Gasteiger partial charge in [-0.1, -0.05) is 36.8 Å². The molecule has 1 aliphatic rings. The Morgan fingerprint density at radius 2 is 1.72 bits per heavy atom. The van der Waals surface area contributed by atoms with Crippen LogP contribution >= 0.6 is 0 Å². The fourth-order valence-electron chi connectivity index (χ4n) is 3.58. The summed E-state index contributed by atoms with van der Waals surface area (Å²) < 4.78 is 0. The molecular formula is C24H31N3O2. The third kappa shape index (κ3) is 5.37. The standard InChI is InChI=1S/C24H31N3O2/c1-4-18(3)25-24(29)21-7-5-6-8-22(21)26-23(28)19-13-15-27(16-14-19)20-11-9-17(2)10-12-20/h5-12,18-19H,4,13-16H2,1-3H3,(H,25,29)(H,26,28). The number of rotatable bonds is 6. The Bertz CT molecular complexity index is 839. The third-order valence-electron chi connectivity index (χ3n) is 5.68. The van der Waals surface area contributed by atoms with Gasteiger partial charge in [-0.05, 0) is 57.4 Å². The first-order valence-corrected chi connectivity index (χ1v) is 10.5. The molecule has 5 nitrogen and oxygen atoms in total. The number of hydrogen-bond acceptors (Lipinski definition) is 3. The number of para-hydroxylation sites is 1. The van der Waals surface area contributed by atoms with Crippen molar-refractivity contribution in [2.24, 2.45) is 5.92 Å². The van der Waals surface area contributed by atoms with Gasteiger partial charge in [0.1, 0.15) is 0 Å². The molecule has 0 bridgehead atoms. The van der Waals surface area contributed by atoms with E-state index < -0.39 is 0 Å². The van der Waals surface area contributed by atoms with E-state index in [1.165, 1.54) is 11.3 Å². The first-order chi connectivity index (χ1) is 14.0. The quantitative estimate of drug-likeness (QED) is 0.766. The summed E-state index contributed by atoms with van der Waals surface area (Å²) in [5, 5.41) is 5.97. The van der Waals surface area contributed by atoms with Crippen LogP contribution in [-0.4, -0.2) is 30.9 Å². The molecule has 1 aliphatic heterocycles. The Labute approximate surface area is 173 Å². The Morgan fingerprint density at radius 1 is 1.07 bits per heavy atom. The van der Waals surface area contributed by atoms with Crippen LogP contribution in [0.15, 0.2) is 48.5 Å². The molecule has 1 unspecified atom stereocenters. The molecule has 0 aliphatic carbocycles. The molecule has 2 aromatic rings. The molecule has 154 valence electrons. The maximum Gasteiger partial charge on any atom is 0.253 e. The molecule has 0 spiro atoms. The van der Waals surface area contributed by atoms with Crippen molar-refractivity contribution in [3.63, 3.8) is 0 Å². The monoisotopic (exact) mass is 393 g/mol. The number of piperidine rings is 1. The number of benzene rings is 2. The Hall–Kier alpha value is -2.82. The Balaban J connectivity index is 1.60. The highest BCUT2D eigenvalue weighted by atomic mass is 16.2. The minimum absolute atomic E-state index is 0.00246. The number of nitrogens with one attached hydrogen (secondary N) is 2. The molecule has 0 radical (unpaired) electrons. The number of nitrogens with zero attached hydrogens (tertiary/aromatic N) is 1. The number of anilines is 2. The van der Waals surface area contributed by atoms with Crippen LogP contribution in [0.2, 0.25) is 0 Å². The maximum absolute atomic E-state index is 12.8. The van der Waals surface area contributed by atoms with E-state index in [9.17, 15) is 9.59 Å². The van der Waals surface area contributed by atoms with Gasteiger partial charge in [-0.3, -0.25) is 9.59 Å². The number of hydrogen-bond donors (Lipinski definition) is 2. The first-order valence-electron chi connectivity index (χ1n) is 10.5. The van der Waals surface area contributed by atoms with E-state index in [0.29, 0.717) is 11.3 Å². The summed E-state index contributed by atoms with van der Waals surface area (Å²) >= 11 is 0. The van der Waals surface area contributed by atoms with Crippen molar-refractivity contribution < 1.29 is 9.59 Å². The predicted molar refractivity (Wildman–Crippen MR) is 118 cm³/mol. The maximum atomic E-state index is 12.8. The number of carbonyl (C=O) groups excluding carboxylic acids is 2. The molecule has 2 amide bonds. The number of amides is 2. The lowest BCUT2D eigenvalue weighted by atomic mass is 9.95. The van der Waals surface area contributed by atoms with Crippen LogP contribution in [0.25, 0.3) is 0 Å². The van der Waals surface area contributed by atoms with Crippen LogP contribution in [0.4, 0.5) is 11.4 Å². The van der Waals surface area contributed by atoms with E-state index in [1.807, 2.05) is 26.0 Å². The van der Waals surface area contributed by atoms with Gasteiger partial charge in [-0.2, -0.15) is 0 Å². The highest BCUT2D eigenvalue weighted by Gasteiger charge is 2.26. The van der Waals surface area contributed by atoms with E-state index in [0.717, 1.165) is 32.4 Å². The van der Waals surface area contributed by atoms with Gasteiger partial charge in [-0.15, -0.1) is 0 Å². The molecule has 0 saturated carbocycles. The van der Waals surface area contributed by atoms with Crippen molar-refractivity contribution in [2.45, 2.75) is 46.1 Å². The van der Waals surface area contributed by atoms with Gasteiger partial charge in [0, 0.05) is 30.7 Å². The second kappa shape index (κ2) is 9.59. The molecule has 0 aromatic heterocycles. The lowest BCUT2D eigenvalue weighted by molar-refractivity contribution is -0.120. The van der Waals surface area contributed by atoms with E-state index in [2.05, 4.69) is 46.7 Å². The van der Waals surface area contributed by atoms with Crippen LogP contribution in [0.3, 0.4) is 0 Å². The van der Waals surface area contributed by atoms with Gasteiger partial charge in [0.05, 0.1) is 11.3 Å². The molecule has 2 N–H and O–H groups in total. The minimum atomic E-state index is -0.149. The fourth-order valence-corrected chi connectivity index (χ4v) is 3.58. The molecule has 29 heavy (non-hydrogen) atoms. The van der Waals surface area contributed by atoms with Crippen molar-refractivity contribution in [1.82, 2.24) is 5.32 Å². The summed E-state index contributed by atoms with van der Waals surface area (Å²) in [5.41, 5.74) is 3.55. The molecular weight excluding hydrogens is 362 g/mol. The topological polar surface area (TPSA) is 61.4 Å². The lowest BCUT2D eigenvalue weighted by Crippen LogP contribution is -2.38. The second-order valence-electron chi connectivity index (χ2n) is 7.91. The average molecular weight is 394 g/mol. The molecule has 1 atom stereocenters. The Morgan fingerprint density at radius 3 is 2.38 bits per heavy atom. The lowest BCUT2D eigenvalue weighted by Gasteiger charge is -2.33. The summed E-state index contributed by atoms with van der Waals surface area (Å²) in [4.78, 5) is 27.7. The van der Waals surface area contributed by atoms with E-state index in [-0.39, 0.29) is 23.8 Å². The summed E-state index contributed by atoms with van der Waals surface area (Å²) in [6.45, 7) is 7.80. The van der Waals surface area contributed by atoms with Gasteiger partial charge in [0.15, 0.2) is 0 Å². The molecule has 1 fully saturated rings. The van der Waals surface area contributed by atoms with Crippen molar-refractivity contribution in [3.8, 4) is 0 Å². The summed E-state index contributed by atoms with van der Waals surface area (Å²) in [7, 11) is 0. The summed E-state index contributed by atoms with van der Waals surface area (Å²) in [6.07, 6.45) is 2.47. The SMILES string of the molecule is CCC(C)NC(=O)c1ccccc1NC(=O)C1CCN(c2ccc(C)cc2)CC1. The van der Waals surface area contributed by atoms with E-state index >= 15 is 0 Å². The zero-order chi connectivity index (χ0) is 20.8. The second-order valence-corrected chi connectivity index (χ2v) is 7.91. The zero-order valence-electron chi connectivity index (χ0n) is 17.6. The zero-order valence-corrected chi connectivity index (χ0v) is 17.6. The predicted octanol–water partition coefficient (Wildman–Crippen LogP) is 4.38. The normalized spacial score (nSPS) is 15.6. The van der Waals surface area contributed by atoms with Gasteiger partial charge < -0.3 is 15.5 Å². The van der Waals surface area contributed by atoms with Gasteiger partial charge in [0.25, 0.3) is 5.91 Å². The highest BCUT2D eigenvalue weighted by molar-refractivity contribution is 6.04. The average Bonchev–Trinajstić information content (AvgIpc) is 2.74. The molecule has 1 heterocycles. The molecule has 1 saturated heterocycles. The number of carbonyl (C=O) groups is 2. The Kier molecular flexibility index (Phi) is 6.91. The summed E-state index contributed by atoms with van der Waals surface area (Å²) in [5.74, 6) is -0.191. The van der Waals surface area contributed by atoms with Gasteiger partial charge in [0.2, 0.25) is 5.91 Å². The fraction of sp³-hybridized carbons (Fsp3) is 0.417. The minimum Gasteiger partial charge on any atom is -0.371 e. The number of aryl methyl sites for hydroxylation is 1. The van der Waals surface area contributed by atoms with Crippen LogP contribution < -0.4 is 15.5 Å². The van der Waals surface area contributed by atoms with Crippen LogP contribution in [0, 0.1) is 12.8 Å². The largest absolute Gasteiger partial charge is 0.371 e. The third-order valence-corrected chi connectivity index (χ3v) is 5.68. The molecule has 3 rings (SSSR count). The summed E-state index contributed by atoms with van der Waals surface area (Å²) in [6, 6.07) is 15.8. The van der Waals surface area contributed by atoms with Crippen LogP contribution in [0.1, 0.15) is 49.0 Å². The van der Waals surface area contributed by atoms with E-state index in [1.54, 1.807) is 12.1 Å². The van der Waals surface area contributed by atoms with Crippen molar-refractivity contribution in [2.75, 3.05) is 23.3 Å². The van der Waals surface area contributed by atoms with Gasteiger partial charge >= 0.3 is 0 Å². The molecule has 5 heteroatoms. The highest BCUT2D eigenvalue weighted by Crippen LogP contribution is 2.25. The molecule has 2 aromatic carbocycles. The van der Waals surface area contributed by atoms with Crippen LogP contribution in [-0.2, 0) is 4.79 Å². The van der Waals surface area contributed by atoms with Crippen LogP contribution in [0.5, 0.6) is 0 Å². The van der Waals surface area contributed by atoms with Crippen molar-refractivity contribution >= 4 is 23.2 Å². The first kappa shape index (κ1) is 20.9. The van der Waals surface area contributed by atoms with Crippen molar-refractivity contribution in [3.05, 3.63) is 59.7 Å². The van der Waals surface area contributed by atoms with Crippen molar-refractivity contribution in [1.29, 1.82) is 0 Å². The van der Waals surface area contributed by atoms with Gasteiger partial charge in [-0.25, -0.2) is 0 Å². The smallest absolute Gasteiger partial charge is 0.253 e.